The van der Waals surface area contributed by atoms with Gasteiger partial charge in [0.05, 0.1) is 11.0 Å². The van der Waals surface area contributed by atoms with Crippen molar-refractivity contribution in [2.45, 2.75) is 71.6 Å². The number of hydrogen-bond donors (Lipinski definition) is 0. The predicted molar refractivity (Wildman–Crippen MR) is 275 cm³/mol. The molecule has 0 bridgehead atoms. The number of hydrogen-bond acceptors (Lipinski definition) is 4. The van der Waals surface area contributed by atoms with Crippen molar-refractivity contribution >= 4 is 84.0 Å². The predicted octanol–water partition coefficient (Wildman–Crippen LogP) is 14.6. The average Bonchev–Trinajstić information content (AvgIpc) is 4.04. The number of oxazole rings is 1. The van der Waals surface area contributed by atoms with Crippen molar-refractivity contribution in [1.29, 1.82) is 0 Å². The van der Waals surface area contributed by atoms with Crippen LogP contribution in [0.25, 0.3) is 94.2 Å². The van der Waals surface area contributed by atoms with E-state index in [4.69, 9.17) is 13.8 Å². The molecule has 11 aromatic rings. The van der Waals surface area contributed by atoms with Crippen molar-refractivity contribution in [3.05, 3.63) is 168 Å². The molecule has 14 rings (SSSR count). The van der Waals surface area contributed by atoms with Gasteiger partial charge in [0, 0.05) is 67.3 Å². The van der Waals surface area contributed by atoms with Gasteiger partial charge in [0.25, 0.3) is 0 Å². The smallest absolute Gasteiger partial charge is 0.333 e. The zero-order valence-electron chi connectivity index (χ0n) is 38.6. The van der Waals surface area contributed by atoms with Crippen LogP contribution in [0.15, 0.2) is 154 Å². The molecule has 0 spiro atoms. The summed E-state index contributed by atoms with van der Waals surface area (Å²) >= 11 is 0. The van der Waals surface area contributed by atoms with Crippen molar-refractivity contribution < 1.29 is 8.83 Å². The number of nitrogens with zero attached hydrogens (tertiary/aromatic N) is 3. The maximum Gasteiger partial charge on any atom is 0.333 e. The summed E-state index contributed by atoms with van der Waals surface area (Å²) < 4.78 is 16.2. The Balaban J connectivity index is 1.12. The minimum absolute atomic E-state index is 0.00252. The van der Waals surface area contributed by atoms with E-state index in [0.29, 0.717) is 5.89 Å². The molecule has 0 radical (unpaired) electrons. The first-order valence-corrected chi connectivity index (χ1v) is 23.4. The summed E-state index contributed by atoms with van der Waals surface area (Å²) in [6, 6.07) is 54.3. The van der Waals surface area contributed by atoms with Crippen LogP contribution in [0.3, 0.4) is 0 Å². The molecule has 66 heavy (non-hydrogen) atoms. The molecule has 6 heteroatoms. The molecule has 5 heterocycles. The first-order chi connectivity index (χ1) is 31.7. The molecule has 1 aliphatic carbocycles. The Morgan fingerprint density at radius 2 is 1.23 bits per heavy atom. The summed E-state index contributed by atoms with van der Waals surface area (Å²) in [7, 11) is 0. The highest BCUT2D eigenvalue weighted by Crippen LogP contribution is 2.53. The topological polar surface area (TPSA) is 47.3 Å². The molecule has 0 atom stereocenters. The van der Waals surface area contributed by atoms with Gasteiger partial charge in [-0.3, -0.25) is 0 Å². The van der Waals surface area contributed by atoms with E-state index in [1.807, 2.05) is 18.2 Å². The molecule has 0 unspecified atom stereocenters. The lowest BCUT2D eigenvalue weighted by Crippen LogP contribution is -2.60. The van der Waals surface area contributed by atoms with Crippen LogP contribution in [0.2, 0.25) is 0 Å². The van der Waals surface area contributed by atoms with E-state index in [1.54, 1.807) is 0 Å². The second-order valence-electron chi connectivity index (χ2n) is 21.6. The van der Waals surface area contributed by atoms with Gasteiger partial charge in [-0.2, -0.15) is 0 Å². The summed E-state index contributed by atoms with van der Waals surface area (Å²) in [6.07, 6.45) is 0. The molecule has 0 amide bonds. The summed E-state index contributed by atoms with van der Waals surface area (Å²) in [5, 5.41) is 4.78. The number of benzene rings is 8. The van der Waals surface area contributed by atoms with Crippen molar-refractivity contribution in [3.63, 3.8) is 0 Å². The minimum atomic E-state index is -0.192. The van der Waals surface area contributed by atoms with Gasteiger partial charge in [0.1, 0.15) is 16.7 Å². The van der Waals surface area contributed by atoms with Gasteiger partial charge in [-0.15, -0.1) is 0 Å². The molecule has 3 aliphatic rings. The normalized spacial score (nSPS) is 14.7. The average molecular weight is 854 g/mol. The lowest BCUT2D eigenvalue weighted by atomic mass is 9.44. The van der Waals surface area contributed by atoms with Gasteiger partial charge in [0.15, 0.2) is 5.58 Å². The molecular formula is C60H48BN3O2. The summed E-state index contributed by atoms with van der Waals surface area (Å²) in [6.45, 7) is 18.2. The lowest BCUT2D eigenvalue weighted by molar-refractivity contribution is 0.587. The van der Waals surface area contributed by atoms with Gasteiger partial charge in [-0.1, -0.05) is 134 Å². The van der Waals surface area contributed by atoms with Crippen LogP contribution in [0.4, 0.5) is 11.4 Å². The van der Waals surface area contributed by atoms with Gasteiger partial charge in [-0.05, 0) is 115 Å². The van der Waals surface area contributed by atoms with E-state index >= 15 is 0 Å². The zero-order valence-corrected chi connectivity index (χ0v) is 38.6. The molecule has 8 aromatic carbocycles. The van der Waals surface area contributed by atoms with Gasteiger partial charge in [-0.25, -0.2) is 4.98 Å². The molecule has 0 saturated carbocycles. The Morgan fingerprint density at radius 1 is 0.530 bits per heavy atom. The van der Waals surface area contributed by atoms with Crippen molar-refractivity contribution in [3.8, 4) is 39.4 Å². The van der Waals surface area contributed by atoms with Crippen LogP contribution >= 0.6 is 0 Å². The molecule has 3 aromatic heterocycles. The lowest BCUT2D eigenvalue weighted by Gasteiger charge is -2.42. The van der Waals surface area contributed by atoms with Crippen molar-refractivity contribution in [2.75, 3.05) is 4.81 Å². The Morgan fingerprint density at radius 3 is 2.02 bits per heavy atom. The van der Waals surface area contributed by atoms with Gasteiger partial charge >= 0.3 is 6.85 Å². The van der Waals surface area contributed by atoms with Crippen LogP contribution in [-0.4, -0.2) is 16.4 Å². The van der Waals surface area contributed by atoms with E-state index in [-0.39, 0.29) is 23.1 Å². The van der Waals surface area contributed by atoms with Crippen LogP contribution in [-0.2, 0) is 16.2 Å². The van der Waals surface area contributed by atoms with Crippen molar-refractivity contribution in [2.24, 2.45) is 0 Å². The molecule has 5 nitrogen and oxygen atoms in total. The second kappa shape index (κ2) is 12.5. The van der Waals surface area contributed by atoms with E-state index in [1.165, 1.54) is 77.2 Å². The fourth-order valence-corrected chi connectivity index (χ4v) is 11.8. The van der Waals surface area contributed by atoms with Gasteiger partial charge < -0.3 is 18.2 Å². The molecule has 2 aliphatic heterocycles. The summed E-state index contributed by atoms with van der Waals surface area (Å²) in [5.74, 6) is 0.622. The van der Waals surface area contributed by atoms with Crippen molar-refractivity contribution in [1.82, 2.24) is 9.55 Å². The fraction of sp³-hybridized carbons (Fsp3) is 0.183. The highest BCUT2D eigenvalue weighted by molar-refractivity contribution is 6.94. The molecular weight excluding hydrogens is 805 g/mol. The number of anilines is 2. The third kappa shape index (κ3) is 4.99. The number of furan rings is 1. The third-order valence-corrected chi connectivity index (χ3v) is 15.3. The first-order valence-electron chi connectivity index (χ1n) is 23.4. The minimum Gasteiger partial charge on any atom is -0.456 e. The Bertz CT molecular complexity index is 3930. The highest BCUT2D eigenvalue weighted by Gasteiger charge is 2.45. The standard InChI is InChI=1S/C60H48BN3O2/c1-58(2,3)34-18-21-36(22-19-34)64-50-31-53-44(38-23-20-35(59(4,5)6)26-52(38)65-53)28-42(50)39-24-25-40-43-27-41-37-16-12-13-17-45(37)60(7,8)46(41)29-49(43)63-51-32-54-48(30-47(51)61(64)55(39)56(40)63)62-57(66-54)33-14-10-9-11-15-33/h9-32H,1-8H3. The summed E-state index contributed by atoms with van der Waals surface area (Å²) in [5.41, 5.74) is 22.9. The largest absolute Gasteiger partial charge is 0.456 e. The quantitative estimate of drug-likeness (QED) is 0.163. The Hall–Kier alpha value is -7.31. The van der Waals surface area contributed by atoms with Crippen LogP contribution in [0.1, 0.15) is 77.6 Å². The number of fused-ring (bicyclic) bond motifs is 15. The summed E-state index contributed by atoms with van der Waals surface area (Å²) in [4.78, 5) is 7.79. The number of rotatable bonds is 2. The molecule has 318 valence electrons. The molecule has 0 saturated heterocycles. The molecule has 0 N–H and O–H groups in total. The maximum absolute atomic E-state index is 6.88. The maximum atomic E-state index is 6.88. The highest BCUT2D eigenvalue weighted by atomic mass is 16.3. The van der Waals surface area contributed by atoms with Gasteiger partial charge in [0.2, 0.25) is 5.89 Å². The fourth-order valence-electron chi connectivity index (χ4n) is 11.8. The molecule has 0 fully saturated rings. The zero-order chi connectivity index (χ0) is 44.8. The van der Waals surface area contributed by atoms with Crippen LogP contribution in [0.5, 0.6) is 0 Å². The van der Waals surface area contributed by atoms with E-state index < -0.39 is 0 Å². The van der Waals surface area contributed by atoms with Crippen LogP contribution < -0.4 is 15.7 Å². The third-order valence-electron chi connectivity index (χ3n) is 15.3. The first kappa shape index (κ1) is 38.0. The van der Waals surface area contributed by atoms with E-state index in [9.17, 15) is 0 Å². The number of aromatic nitrogens is 2. The Labute approximate surface area is 384 Å². The second-order valence-corrected chi connectivity index (χ2v) is 21.6. The Kier molecular flexibility index (Phi) is 7.21. The SMILES string of the molecule is CC(C)(C)c1ccc(N2B3c4cc5nc(-c6ccccc6)oc5cc4-n4c5cc6c(cc5c5ccc(c3c54)-c3cc4c(cc32)oc2cc(C(C)(C)C)ccc24)-c2ccccc2C6(C)C)cc1. The van der Waals surface area contributed by atoms with E-state index in [2.05, 4.69) is 192 Å². The van der Waals surface area contributed by atoms with Crippen LogP contribution in [0, 0.1) is 0 Å². The van der Waals surface area contributed by atoms with E-state index in [0.717, 1.165) is 55.7 Å². The monoisotopic (exact) mass is 853 g/mol.